The second-order valence-corrected chi connectivity index (χ2v) is 6.87. The van der Waals surface area contributed by atoms with E-state index in [1.54, 1.807) is 54.6 Å². The third kappa shape index (κ3) is 2.72. The van der Waals surface area contributed by atoms with E-state index < -0.39 is 5.97 Å². The molecule has 140 valence electrons. The molecule has 4 aromatic carbocycles. The third-order valence-corrected chi connectivity index (χ3v) is 5.08. The van der Waals surface area contributed by atoms with Crippen molar-refractivity contribution in [2.75, 3.05) is 0 Å². The molecule has 29 heavy (non-hydrogen) atoms. The topological polar surface area (TPSA) is 87.7 Å². The highest BCUT2D eigenvalue weighted by Gasteiger charge is 2.15. The van der Waals surface area contributed by atoms with E-state index in [1.165, 1.54) is 6.07 Å². The lowest BCUT2D eigenvalue weighted by Gasteiger charge is -2.13. The SMILES string of the molecule is O=C(O)c1ccc(-c2c3ccc(O)cc3oc3c2ccc2cc(=O)ccc23)cc1. The molecule has 5 aromatic rings. The standard InChI is InChI=1S/C24H14O5/c25-16-6-9-18-15(11-16)5-8-20-22(13-1-3-14(4-2-13)24(27)28)19-10-7-17(26)12-21(19)29-23(18)20/h1-12,26H,(H,27,28). The van der Waals surface area contributed by atoms with Crippen molar-refractivity contribution in [2.24, 2.45) is 0 Å². The normalized spacial score (nSPS) is 11.3. The van der Waals surface area contributed by atoms with Crippen LogP contribution in [-0.2, 0) is 0 Å². The third-order valence-electron chi connectivity index (χ3n) is 5.08. The number of carboxylic acid groups (broad SMARTS) is 1. The van der Waals surface area contributed by atoms with Gasteiger partial charge in [0.05, 0.1) is 5.56 Å². The second-order valence-electron chi connectivity index (χ2n) is 6.87. The Bertz CT molecular complexity index is 1490. The second kappa shape index (κ2) is 6.21. The summed E-state index contributed by atoms with van der Waals surface area (Å²) >= 11 is 0. The highest BCUT2D eigenvalue weighted by atomic mass is 16.4. The average Bonchev–Trinajstić information content (AvgIpc) is 2.71. The molecule has 0 bridgehead atoms. The summed E-state index contributed by atoms with van der Waals surface area (Å²) < 4.78 is 6.15. The maximum Gasteiger partial charge on any atom is 0.335 e. The van der Waals surface area contributed by atoms with Gasteiger partial charge in [-0.05, 0) is 59.5 Å². The zero-order valence-electron chi connectivity index (χ0n) is 15.0. The molecule has 0 aliphatic heterocycles. The highest BCUT2D eigenvalue weighted by molar-refractivity contribution is 6.15. The first-order valence-corrected chi connectivity index (χ1v) is 8.97. The number of aromatic carboxylic acids is 1. The molecule has 0 amide bonds. The summed E-state index contributed by atoms with van der Waals surface area (Å²) in [5, 5.41) is 22.3. The van der Waals surface area contributed by atoms with Crippen LogP contribution in [-0.4, -0.2) is 16.2 Å². The zero-order chi connectivity index (χ0) is 20.1. The Balaban J connectivity index is 1.94. The summed E-state index contributed by atoms with van der Waals surface area (Å²) in [5.74, 6) is -0.909. The molecule has 0 fully saturated rings. The number of benzene rings is 4. The molecule has 5 nitrogen and oxygen atoms in total. The van der Waals surface area contributed by atoms with E-state index >= 15 is 0 Å². The van der Waals surface area contributed by atoms with Crippen molar-refractivity contribution >= 4 is 38.7 Å². The lowest BCUT2D eigenvalue weighted by molar-refractivity contribution is 0.0697. The molecule has 0 atom stereocenters. The number of aromatic hydroxyl groups is 1. The van der Waals surface area contributed by atoms with E-state index in [0.29, 0.717) is 11.2 Å². The summed E-state index contributed by atoms with van der Waals surface area (Å²) in [4.78, 5) is 23.0. The summed E-state index contributed by atoms with van der Waals surface area (Å²) in [6.07, 6.45) is 0. The van der Waals surface area contributed by atoms with Crippen LogP contribution in [0.5, 0.6) is 5.75 Å². The Morgan fingerprint density at radius 3 is 2.28 bits per heavy atom. The minimum absolute atomic E-state index is 0.0786. The van der Waals surface area contributed by atoms with Crippen molar-refractivity contribution in [3.05, 3.63) is 88.6 Å². The zero-order valence-corrected chi connectivity index (χ0v) is 15.0. The number of rotatable bonds is 2. The van der Waals surface area contributed by atoms with Crippen LogP contribution in [0.15, 0.2) is 82.0 Å². The van der Waals surface area contributed by atoms with Crippen LogP contribution in [0.25, 0.3) is 43.8 Å². The molecule has 0 aliphatic carbocycles. The first kappa shape index (κ1) is 17.0. The molecule has 1 aromatic heterocycles. The Kier molecular flexibility index (Phi) is 3.64. The van der Waals surface area contributed by atoms with Gasteiger partial charge in [0.2, 0.25) is 0 Å². The van der Waals surface area contributed by atoms with Crippen LogP contribution >= 0.6 is 0 Å². The summed E-state index contributed by atoms with van der Waals surface area (Å²) in [6.45, 7) is 0. The summed E-state index contributed by atoms with van der Waals surface area (Å²) in [5.41, 5.74) is 2.90. The van der Waals surface area contributed by atoms with Crippen molar-refractivity contribution in [1.29, 1.82) is 0 Å². The van der Waals surface area contributed by atoms with Gasteiger partial charge in [0.25, 0.3) is 0 Å². The van der Waals surface area contributed by atoms with E-state index in [4.69, 9.17) is 4.42 Å². The molecule has 5 rings (SSSR count). The molecule has 1 heterocycles. The monoisotopic (exact) mass is 382 g/mol. The number of hydrogen-bond acceptors (Lipinski definition) is 4. The van der Waals surface area contributed by atoms with Gasteiger partial charge in [-0.3, -0.25) is 4.79 Å². The fourth-order valence-electron chi connectivity index (χ4n) is 3.73. The minimum Gasteiger partial charge on any atom is -0.508 e. The Morgan fingerprint density at radius 1 is 0.793 bits per heavy atom. The lowest BCUT2D eigenvalue weighted by atomic mass is 9.94. The van der Waals surface area contributed by atoms with Crippen LogP contribution in [0.4, 0.5) is 0 Å². The van der Waals surface area contributed by atoms with E-state index in [9.17, 15) is 19.8 Å². The maximum atomic E-state index is 11.7. The van der Waals surface area contributed by atoms with E-state index in [1.807, 2.05) is 12.1 Å². The largest absolute Gasteiger partial charge is 0.508 e. The van der Waals surface area contributed by atoms with Crippen LogP contribution < -0.4 is 5.43 Å². The summed E-state index contributed by atoms with van der Waals surface area (Å²) in [6, 6.07) is 20.1. The van der Waals surface area contributed by atoms with E-state index in [2.05, 4.69) is 0 Å². The molecule has 0 aliphatic rings. The fourth-order valence-corrected chi connectivity index (χ4v) is 3.73. The van der Waals surface area contributed by atoms with Crippen molar-refractivity contribution in [3.8, 4) is 16.9 Å². The highest BCUT2D eigenvalue weighted by Crippen LogP contribution is 2.40. The molecule has 2 N–H and O–H groups in total. The first-order chi connectivity index (χ1) is 14.0. The molecule has 0 unspecified atom stereocenters. The van der Waals surface area contributed by atoms with Crippen molar-refractivity contribution in [3.63, 3.8) is 0 Å². The van der Waals surface area contributed by atoms with Gasteiger partial charge in [0.15, 0.2) is 5.43 Å². The number of phenols is 1. The predicted molar refractivity (Wildman–Crippen MR) is 112 cm³/mol. The van der Waals surface area contributed by atoms with Crippen molar-refractivity contribution in [1.82, 2.24) is 0 Å². The van der Waals surface area contributed by atoms with Gasteiger partial charge >= 0.3 is 5.97 Å². The van der Waals surface area contributed by atoms with Crippen molar-refractivity contribution < 1.29 is 19.4 Å². The molecule has 0 saturated heterocycles. The van der Waals surface area contributed by atoms with Crippen LogP contribution in [0.1, 0.15) is 10.4 Å². The van der Waals surface area contributed by atoms with Gasteiger partial charge in [0, 0.05) is 27.8 Å². The Morgan fingerprint density at radius 2 is 1.52 bits per heavy atom. The van der Waals surface area contributed by atoms with E-state index in [0.717, 1.165) is 32.7 Å². The molecule has 0 radical (unpaired) electrons. The van der Waals surface area contributed by atoms with E-state index in [-0.39, 0.29) is 16.7 Å². The smallest absolute Gasteiger partial charge is 0.335 e. The fraction of sp³-hybridized carbons (Fsp3) is 0. The molecule has 0 spiro atoms. The minimum atomic E-state index is -0.987. The van der Waals surface area contributed by atoms with Gasteiger partial charge < -0.3 is 14.6 Å². The number of carbonyl (C=O) groups is 1. The quantitative estimate of drug-likeness (QED) is 0.325. The number of fused-ring (bicyclic) bond motifs is 4. The number of phenolic OH excluding ortho intramolecular Hbond substituents is 1. The summed E-state index contributed by atoms with van der Waals surface area (Å²) in [7, 11) is 0. The molecular weight excluding hydrogens is 368 g/mol. The van der Waals surface area contributed by atoms with Crippen LogP contribution in [0, 0.1) is 0 Å². The van der Waals surface area contributed by atoms with Gasteiger partial charge in [-0.15, -0.1) is 0 Å². The number of carboxylic acids is 1. The van der Waals surface area contributed by atoms with Gasteiger partial charge in [0.1, 0.15) is 16.9 Å². The first-order valence-electron chi connectivity index (χ1n) is 8.97. The number of hydrogen-bond donors (Lipinski definition) is 2. The van der Waals surface area contributed by atoms with Gasteiger partial charge in [-0.25, -0.2) is 4.79 Å². The van der Waals surface area contributed by atoms with Crippen LogP contribution in [0.3, 0.4) is 0 Å². The Labute approximate surface area is 164 Å². The van der Waals surface area contributed by atoms with Gasteiger partial charge in [-0.2, -0.15) is 0 Å². The maximum absolute atomic E-state index is 11.7. The lowest BCUT2D eigenvalue weighted by Crippen LogP contribution is -1.96. The van der Waals surface area contributed by atoms with Crippen molar-refractivity contribution in [2.45, 2.75) is 0 Å². The predicted octanol–water partition coefficient (Wildman–Crippen LogP) is 5.17. The van der Waals surface area contributed by atoms with Gasteiger partial charge in [-0.1, -0.05) is 18.2 Å². The molecular formula is C24H14O5. The average molecular weight is 382 g/mol. The molecule has 0 saturated carbocycles. The molecule has 5 heteroatoms. The van der Waals surface area contributed by atoms with Crippen LogP contribution in [0.2, 0.25) is 0 Å². The Hall–Kier alpha value is -4.12.